The Balaban J connectivity index is 1.72. The lowest BCUT2D eigenvalue weighted by molar-refractivity contribution is 0.322. The number of hydrogen-bond donors (Lipinski definition) is 2. The van der Waals surface area contributed by atoms with Crippen molar-refractivity contribution in [2.75, 3.05) is 12.4 Å². The van der Waals surface area contributed by atoms with Gasteiger partial charge in [0.25, 0.3) is 0 Å². The van der Waals surface area contributed by atoms with E-state index >= 15 is 0 Å². The van der Waals surface area contributed by atoms with E-state index < -0.39 is 11.6 Å². The molecule has 1 aromatic carbocycles. The molecule has 2 aromatic rings. The van der Waals surface area contributed by atoms with Crippen LogP contribution in [0.5, 0.6) is 5.75 Å². The fourth-order valence-electron chi connectivity index (χ4n) is 1.43. The summed E-state index contributed by atoms with van der Waals surface area (Å²) in [7, 11) is 0. The van der Waals surface area contributed by atoms with Crippen molar-refractivity contribution in [3.05, 3.63) is 52.2 Å². The zero-order valence-electron chi connectivity index (χ0n) is 9.91. The smallest absolute Gasteiger partial charge is 0.323 e. The zero-order chi connectivity index (χ0) is 13.7. The zero-order valence-corrected chi connectivity index (χ0v) is 10.7. The maximum Gasteiger partial charge on any atom is 0.323 e. The maximum atomic E-state index is 13.2. The number of ether oxygens (including phenoxy) is 1. The van der Waals surface area contributed by atoms with Crippen LogP contribution < -0.4 is 10.4 Å². The summed E-state index contributed by atoms with van der Waals surface area (Å²) in [4.78, 5) is 15.9. The quantitative estimate of drug-likeness (QED) is 0.801. The second kappa shape index (κ2) is 6.42. The van der Waals surface area contributed by atoms with Crippen molar-refractivity contribution in [1.82, 2.24) is 9.97 Å². The van der Waals surface area contributed by atoms with Crippen LogP contribution >= 0.6 is 11.8 Å². The first kappa shape index (κ1) is 13.7. The van der Waals surface area contributed by atoms with E-state index in [2.05, 4.69) is 9.97 Å². The van der Waals surface area contributed by atoms with Crippen LogP contribution in [-0.4, -0.2) is 22.3 Å². The molecule has 0 fully saturated rings. The molecule has 2 rings (SSSR count). The average molecular weight is 286 g/mol. The third-order valence-corrected chi connectivity index (χ3v) is 3.26. The van der Waals surface area contributed by atoms with Crippen LogP contribution in [0, 0.1) is 11.6 Å². The van der Waals surface area contributed by atoms with Gasteiger partial charge in [-0.25, -0.2) is 13.6 Å². The largest absolute Gasteiger partial charge is 0.490 e. The van der Waals surface area contributed by atoms with Crippen molar-refractivity contribution in [3.63, 3.8) is 0 Å². The van der Waals surface area contributed by atoms with Gasteiger partial charge in [-0.15, -0.1) is 0 Å². The fraction of sp³-hybridized carbons (Fsp3) is 0.250. The number of benzene rings is 1. The Hall–Kier alpha value is -1.76. The van der Waals surface area contributed by atoms with Gasteiger partial charge in [0.2, 0.25) is 0 Å². The molecular formula is C12H12F2N2O2S. The van der Waals surface area contributed by atoms with E-state index in [1.54, 1.807) is 6.20 Å². The van der Waals surface area contributed by atoms with Crippen LogP contribution in [0.1, 0.15) is 5.69 Å². The summed E-state index contributed by atoms with van der Waals surface area (Å²) in [5, 5.41) is 0. The first-order valence-electron chi connectivity index (χ1n) is 5.57. The SMILES string of the molecule is O=c1[nH]cc(CSCCOc2cc(F)ccc2F)[nH]1. The molecule has 4 nitrogen and oxygen atoms in total. The highest BCUT2D eigenvalue weighted by Crippen LogP contribution is 2.18. The summed E-state index contributed by atoms with van der Waals surface area (Å²) >= 11 is 1.52. The van der Waals surface area contributed by atoms with Crippen molar-refractivity contribution in [3.8, 4) is 5.75 Å². The molecule has 1 aromatic heterocycles. The molecule has 0 aliphatic rings. The van der Waals surface area contributed by atoms with Crippen LogP contribution in [0.2, 0.25) is 0 Å². The molecule has 0 saturated carbocycles. The first-order chi connectivity index (χ1) is 9.15. The van der Waals surface area contributed by atoms with Crippen LogP contribution in [0.4, 0.5) is 8.78 Å². The molecule has 0 amide bonds. The third kappa shape index (κ3) is 4.13. The standard InChI is InChI=1S/C12H12F2N2O2S/c13-8-1-2-10(14)11(5-8)18-3-4-19-7-9-6-15-12(17)16-9/h1-2,5-6H,3-4,7H2,(H2,15,16,17). The molecule has 2 N–H and O–H groups in total. The number of rotatable bonds is 6. The van der Waals surface area contributed by atoms with Crippen molar-refractivity contribution in [1.29, 1.82) is 0 Å². The Morgan fingerprint density at radius 1 is 1.32 bits per heavy atom. The van der Waals surface area contributed by atoms with E-state index in [0.717, 1.165) is 23.9 Å². The van der Waals surface area contributed by atoms with E-state index in [-0.39, 0.29) is 18.0 Å². The number of thioether (sulfide) groups is 1. The van der Waals surface area contributed by atoms with Crippen LogP contribution in [0.15, 0.2) is 29.2 Å². The van der Waals surface area contributed by atoms with E-state index in [1.807, 2.05) is 0 Å². The highest BCUT2D eigenvalue weighted by Gasteiger charge is 2.04. The highest BCUT2D eigenvalue weighted by atomic mass is 32.2. The summed E-state index contributed by atoms with van der Waals surface area (Å²) in [6.07, 6.45) is 1.60. The minimum absolute atomic E-state index is 0.0874. The minimum atomic E-state index is -0.582. The number of H-pyrrole nitrogens is 2. The Bertz CT molecular complexity index is 597. The number of nitrogens with one attached hydrogen (secondary N) is 2. The molecule has 0 atom stereocenters. The first-order valence-corrected chi connectivity index (χ1v) is 6.73. The molecule has 102 valence electrons. The van der Waals surface area contributed by atoms with Gasteiger partial charge >= 0.3 is 5.69 Å². The van der Waals surface area contributed by atoms with Crippen LogP contribution in [0.25, 0.3) is 0 Å². The van der Waals surface area contributed by atoms with Gasteiger partial charge in [0, 0.05) is 29.5 Å². The Labute approximate surface area is 112 Å². The second-order valence-electron chi connectivity index (χ2n) is 3.74. The molecule has 0 saturated heterocycles. The summed E-state index contributed by atoms with van der Waals surface area (Å²) < 4.78 is 31.2. The molecule has 0 unspecified atom stereocenters. The number of imidazole rings is 1. The third-order valence-electron chi connectivity index (χ3n) is 2.29. The Morgan fingerprint density at radius 3 is 2.89 bits per heavy atom. The highest BCUT2D eigenvalue weighted by molar-refractivity contribution is 7.98. The number of aromatic amines is 2. The number of hydrogen-bond acceptors (Lipinski definition) is 3. The lowest BCUT2D eigenvalue weighted by Crippen LogP contribution is -2.03. The molecule has 0 radical (unpaired) electrons. The maximum absolute atomic E-state index is 13.2. The molecule has 0 aliphatic carbocycles. The normalized spacial score (nSPS) is 10.6. The van der Waals surface area contributed by atoms with E-state index in [0.29, 0.717) is 11.5 Å². The average Bonchev–Trinajstić information content (AvgIpc) is 2.79. The lowest BCUT2D eigenvalue weighted by atomic mass is 10.3. The van der Waals surface area contributed by atoms with Crippen molar-refractivity contribution < 1.29 is 13.5 Å². The molecule has 0 aliphatic heterocycles. The van der Waals surface area contributed by atoms with Gasteiger partial charge in [-0.3, -0.25) is 0 Å². The second-order valence-corrected chi connectivity index (χ2v) is 4.85. The van der Waals surface area contributed by atoms with Crippen LogP contribution in [0.3, 0.4) is 0 Å². The van der Waals surface area contributed by atoms with E-state index in [4.69, 9.17) is 4.74 Å². The lowest BCUT2D eigenvalue weighted by Gasteiger charge is -2.06. The van der Waals surface area contributed by atoms with Gasteiger partial charge in [-0.05, 0) is 12.1 Å². The van der Waals surface area contributed by atoms with Gasteiger partial charge < -0.3 is 14.7 Å². The number of aromatic nitrogens is 2. The van der Waals surface area contributed by atoms with Gasteiger partial charge in [-0.2, -0.15) is 11.8 Å². The summed E-state index contributed by atoms with van der Waals surface area (Å²) in [5.74, 6) is 0.0163. The topological polar surface area (TPSA) is 57.9 Å². The van der Waals surface area contributed by atoms with Crippen molar-refractivity contribution in [2.24, 2.45) is 0 Å². The summed E-state index contributed by atoms with van der Waals surface area (Å²) in [6, 6.07) is 3.09. The van der Waals surface area contributed by atoms with Gasteiger partial charge in [0.15, 0.2) is 11.6 Å². The van der Waals surface area contributed by atoms with Gasteiger partial charge in [-0.1, -0.05) is 0 Å². The molecule has 0 bridgehead atoms. The van der Waals surface area contributed by atoms with E-state index in [9.17, 15) is 13.6 Å². The van der Waals surface area contributed by atoms with Gasteiger partial charge in [0.05, 0.1) is 6.61 Å². The summed E-state index contributed by atoms with van der Waals surface area (Å²) in [6.45, 7) is 0.264. The summed E-state index contributed by atoms with van der Waals surface area (Å²) in [5.41, 5.74) is 0.542. The Morgan fingerprint density at radius 2 is 2.16 bits per heavy atom. The Kier molecular flexibility index (Phi) is 4.62. The predicted molar refractivity (Wildman–Crippen MR) is 69.4 cm³/mol. The van der Waals surface area contributed by atoms with Crippen molar-refractivity contribution >= 4 is 11.8 Å². The predicted octanol–water partition coefficient (Wildman–Crippen LogP) is 2.29. The van der Waals surface area contributed by atoms with Crippen LogP contribution in [-0.2, 0) is 5.75 Å². The number of halogens is 2. The molecule has 1 heterocycles. The fourth-order valence-corrected chi connectivity index (χ4v) is 2.15. The minimum Gasteiger partial charge on any atom is -0.490 e. The molecule has 7 heteroatoms. The molecular weight excluding hydrogens is 274 g/mol. The van der Waals surface area contributed by atoms with Gasteiger partial charge in [0.1, 0.15) is 5.82 Å². The monoisotopic (exact) mass is 286 g/mol. The van der Waals surface area contributed by atoms with E-state index in [1.165, 1.54) is 11.8 Å². The molecule has 19 heavy (non-hydrogen) atoms. The molecule has 0 spiro atoms. The van der Waals surface area contributed by atoms with Crippen molar-refractivity contribution in [2.45, 2.75) is 5.75 Å².